The maximum atomic E-state index is 13.8. The zero-order chi connectivity index (χ0) is 18.7. The summed E-state index contributed by atoms with van der Waals surface area (Å²) in [7, 11) is 0. The third-order valence-electron chi connectivity index (χ3n) is 4.55. The van der Waals surface area contributed by atoms with Crippen molar-refractivity contribution in [2.45, 2.75) is 18.9 Å². The monoisotopic (exact) mass is 382 g/mol. The Morgan fingerprint density at radius 1 is 1.12 bits per heavy atom. The third-order valence-corrected chi connectivity index (χ3v) is 4.79. The lowest BCUT2D eigenvalue weighted by atomic mass is 10.1. The SMILES string of the molecule is O=C(NCC(c1cccc(Cl)c1)N1CCCC1)c1ccc(F)c(F)c1F. The lowest BCUT2D eigenvalue weighted by molar-refractivity contribution is 0.0932. The van der Waals surface area contributed by atoms with Crippen molar-refractivity contribution in [3.8, 4) is 0 Å². The fourth-order valence-corrected chi connectivity index (χ4v) is 3.41. The lowest BCUT2D eigenvalue weighted by Crippen LogP contribution is -2.37. The summed E-state index contributed by atoms with van der Waals surface area (Å²) in [6.07, 6.45) is 2.12. The van der Waals surface area contributed by atoms with Crippen LogP contribution in [0, 0.1) is 17.5 Å². The second-order valence-electron chi connectivity index (χ2n) is 6.25. The Balaban J connectivity index is 1.77. The Labute approximate surface area is 154 Å². The number of likely N-dealkylation sites (tertiary alicyclic amines) is 1. The zero-order valence-electron chi connectivity index (χ0n) is 13.9. The second-order valence-corrected chi connectivity index (χ2v) is 6.68. The molecule has 0 radical (unpaired) electrons. The summed E-state index contributed by atoms with van der Waals surface area (Å²) in [5, 5.41) is 3.22. The fourth-order valence-electron chi connectivity index (χ4n) is 3.21. The van der Waals surface area contributed by atoms with Gasteiger partial charge < -0.3 is 5.32 Å². The summed E-state index contributed by atoms with van der Waals surface area (Å²) >= 11 is 6.07. The first-order valence-electron chi connectivity index (χ1n) is 8.38. The molecule has 1 unspecified atom stereocenters. The normalized spacial score (nSPS) is 15.8. The molecule has 138 valence electrons. The van der Waals surface area contributed by atoms with E-state index in [0.717, 1.165) is 43.6 Å². The van der Waals surface area contributed by atoms with E-state index in [9.17, 15) is 18.0 Å². The van der Waals surface area contributed by atoms with Gasteiger partial charge in [0, 0.05) is 11.6 Å². The van der Waals surface area contributed by atoms with Gasteiger partial charge in [-0.3, -0.25) is 9.69 Å². The molecule has 1 aliphatic rings. The van der Waals surface area contributed by atoms with Gasteiger partial charge in [0.25, 0.3) is 5.91 Å². The third kappa shape index (κ3) is 4.02. The van der Waals surface area contributed by atoms with E-state index in [1.807, 2.05) is 18.2 Å². The van der Waals surface area contributed by atoms with Gasteiger partial charge in [-0.2, -0.15) is 0 Å². The number of halogens is 4. The van der Waals surface area contributed by atoms with Gasteiger partial charge in [-0.15, -0.1) is 0 Å². The van der Waals surface area contributed by atoms with Gasteiger partial charge in [0.05, 0.1) is 11.6 Å². The summed E-state index contributed by atoms with van der Waals surface area (Å²) in [6, 6.07) is 8.89. The minimum atomic E-state index is -1.65. The number of carbonyl (C=O) groups is 1. The molecule has 3 rings (SSSR count). The van der Waals surface area contributed by atoms with Crippen LogP contribution in [0.2, 0.25) is 5.02 Å². The van der Waals surface area contributed by atoms with Gasteiger partial charge in [-0.25, -0.2) is 13.2 Å². The van der Waals surface area contributed by atoms with E-state index in [0.29, 0.717) is 5.02 Å². The molecule has 1 saturated heterocycles. The molecule has 1 aliphatic heterocycles. The highest BCUT2D eigenvalue weighted by Crippen LogP contribution is 2.26. The van der Waals surface area contributed by atoms with E-state index in [4.69, 9.17) is 11.6 Å². The van der Waals surface area contributed by atoms with Crippen LogP contribution in [0.3, 0.4) is 0 Å². The molecule has 2 aromatic carbocycles. The van der Waals surface area contributed by atoms with E-state index in [2.05, 4.69) is 10.2 Å². The van der Waals surface area contributed by atoms with Gasteiger partial charge in [0.1, 0.15) is 0 Å². The summed E-state index contributed by atoms with van der Waals surface area (Å²) in [6.45, 7) is 1.97. The summed E-state index contributed by atoms with van der Waals surface area (Å²) in [5.41, 5.74) is 0.417. The first-order chi connectivity index (χ1) is 12.5. The summed E-state index contributed by atoms with van der Waals surface area (Å²) in [4.78, 5) is 14.5. The van der Waals surface area contributed by atoms with E-state index >= 15 is 0 Å². The van der Waals surface area contributed by atoms with Crippen LogP contribution >= 0.6 is 11.6 Å². The van der Waals surface area contributed by atoms with Gasteiger partial charge >= 0.3 is 0 Å². The average molecular weight is 383 g/mol. The van der Waals surface area contributed by atoms with Crippen LogP contribution in [-0.4, -0.2) is 30.4 Å². The molecule has 2 aromatic rings. The first kappa shape index (κ1) is 18.7. The molecular formula is C19H18ClF3N2O. The standard InChI is InChI=1S/C19H18ClF3N2O/c20-13-5-3-4-12(10-13)16(25-8-1-2-9-25)11-24-19(26)14-6-7-15(21)18(23)17(14)22/h3-7,10,16H,1-2,8-9,11H2,(H,24,26). The van der Waals surface area contributed by atoms with Crippen LogP contribution in [0.15, 0.2) is 36.4 Å². The molecule has 1 fully saturated rings. The number of nitrogens with zero attached hydrogens (tertiary/aromatic N) is 1. The maximum absolute atomic E-state index is 13.8. The number of carbonyl (C=O) groups excluding carboxylic acids is 1. The maximum Gasteiger partial charge on any atom is 0.254 e. The Morgan fingerprint density at radius 2 is 1.85 bits per heavy atom. The van der Waals surface area contributed by atoms with Crippen LogP contribution in [0.5, 0.6) is 0 Å². The topological polar surface area (TPSA) is 32.3 Å². The predicted octanol–water partition coefficient (Wildman–Crippen LogP) is 4.32. The first-order valence-corrected chi connectivity index (χ1v) is 8.76. The number of benzene rings is 2. The van der Waals surface area contributed by atoms with Crippen molar-refractivity contribution in [2.24, 2.45) is 0 Å². The largest absolute Gasteiger partial charge is 0.350 e. The van der Waals surface area contributed by atoms with E-state index in [-0.39, 0.29) is 12.6 Å². The van der Waals surface area contributed by atoms with Gasteiger partial charge in [0.15, 0.2) is 17.5 Å². The van der Waals surface area contributed by atoms with Crippen molar-refractivity contribution in [3.05, 3.63) is 70.0 Å². The average Bonchev–Trinajstić information content (AvgIpc) is 3.14. The lowest BCUT2D eigenvalue weighted by Gasteiger charge is -2.28. The van der Waals surface area contributed by atoms with Crippen LogP contribution in [0.1, 0.15) is 34.8 Å². The molecule has 7 heteroatoms. The Hall–Kier alpha value is -2.05. The number of hydrogen-bond donors (Lipinski definition) is 1. The van der Waals surface area contributed by atoms with Gasteiger partial charge in [0.2, 0.25) is 0 Å². The summed E-state index contributed by atoms with van der Waals surface area (Å²) in [5.74, 6) is -5.24. The van der Waals surface area contributed by atoms with E-state index in [1.165, 1.54) is 0 Å². The van der Waals surface area contributed by atoms with Gasteiger partial charge in [-0.05, 0) is 55.8 Å². The van der Waals surface area contributed by atoms with Crippen LogP contribution in [-0.2, 0) is 0 Å². The minimum absolute atomic E-state index is 0.131. The van der Waals surface area contributed by atoms with Crippen molar-refractivity contribution in [1.29, 1.82) is 0 Å². The Bertz CT molecular complexity index is 809. The molecule has 0 spiro atoms. The highest BCUT2D eigenvalue weighted by atomic mass is 35.5. The molecule has 1 amide bonds. The highest BCUT2D eigenvalue weighted by Gasteiger charge is 2.25. The number of amides is 1. The molecular weight excluding hydrogens is 365 g/mol. The van der Waals surface area contributed by atoms with E-state index < -0.39 is 28.9 Å². The highest BCUT2D eigenvalue weighted by molar-refractivity contribution is 6.30. The molecule has 0 aliphatic carbocycles. The molecule has 26 heavy (non-hydrogen) atoms. The van der Waals surface area contributed by atoms with Crippen molar-refractivity contribution >= 4 is 17.5 Å². The smallest absolute Gasteiger partial charge is 0.254 e. The quantitative estimate of drug-likeness (QED) is 0.781. The van der Waals surface area contributed by atoms with Crippen molar-refractivity contribution in [2.75, 3.05) is 19.6 Å². The molecule has 1 N–H and O–H groups in total. The summed E-state index contributed by atoms with van der Waals surface area (Å²) < 4.78 is 40.2. The molecule has 3 nitrogen and oxygen atoms in total. The number of rotatable bonds is 5. The number of nitrogens with one attached hydrogen (secondary N) is 1. The van der Waals surface area contributed by atoms with Crippen molar-refractivity contribution < 1.29 is 18.0 Å². The molecule has 0 bridgehead atoms. The molecule has 0 saturated carbocycles. The Kier molecular flexibility index (Phi) is 5.84. The zero-order valence-corrected chi connectivity index (χ0v) is 14.7. The van der Waals surface area contributed by atoms with Crippen molar-refractivity contribution in [1.82, 2.24) is 10.2 Å². The Morgan fingerprint density at radius 3 is 2.54 bits per heavy atom. The molecule has 1 atom stereocenters. The number of hydrogen-bond acceptors (Lipinski definition) is 2. The molecule has 1 heterocycles. The van der Waals surface area contributed by atoms with Crippen LogP contribution in [0.25, 0.3) is 0 Å². The molecule has 0 aromatic heterocycles. The van der Waals surface area contributed by atoms with Crippen LogP contribution in [0.4, 0.5) is 13.2 Å². The van der Waals surface area contributed by atoms with Gasteiger partial charge in [-0.1, -0.05) is 23.7 Å². The minimum Gasteiger partial charge on any atom is -0.350 e. The predicted molar refractivity (Wildman–Crippen MR) is 93.6 cm³/mol. The second kappa shape index (κ2) is 8.10. The van der Waals surface area contributed by atoms with Crippen molar-refractivity contribution in [3.63, 3.8) is 0 Å². The van der Waals surface area contributed by atoms with E-state index in [1.54, 1.807) is 6.07 Å². The fraction of sp³-hybridized carbons (Fsp3) is 0.316. The van der Waals surface area contributed by atoms with Crippen LogP contribution < -0.4 is 5.32 Å².